The van der Waals surface area contributed by atoms with Crippen molar-refractivity contribution in [2.24, 2.45) is 0 Å². The van der Waals surface area contributed by atoms with E-state index in [4.69, 9.17) is 15.8 Å². The molecule has 0 aliphatic heterocycles. The number of thiophene rings is 1. The first kappa shape index (κ1) is 18.8. The Hall–Kier alpha value is -2.51. The molecule has 0 saturated carbocycles. The van der Waals surface area contributed by atoms with Crippen molar-refractivity contribution in [1.82, 2.24) is 9.38 Å². The Balaban J connectivity index is 1.71. The number of nitrogen functional groups attached to an aromatic ring is 1. The van der Waals surface area contributed by atoms with Crippen molar-refractivity contribution in [2.75, 3.05) is 11.5 Å². The van der Waals surface area contributed by atoms with Crippen LogP contribution < -0.4 is 5.73 Å². The van der Waals surface area contributed by atoms with Gasteiger partial charge in [-0.05, 0) is 47.4 Å². The predicted molar refractivity (Wildman–Crippen MR) is 117 cm³/mol. The molecular weight excluding hydrogens is 390 g/mol. The number of anilines is 1. The molecule has 0 unspecified atom stereocenters. The van der Waals surface area contributed by atoms with E-state index in [1.807, 2.05) is 18.3 Å². The summed E-state index contributed by atoms with van der Waals surface area (Å²) in [6, 6.07) is 10.2. The standard InChI is InChI=1S/C21H21N3O2S2/c1-13-4-2-5-17-20(13)14(12-28-17)10-16-21(27-9-3-6-19(25)26)23-18-11-15(22)7-8-24(16)18/h2,4-5,7-8,11-12H,3,6,9-10,22H2,1H3,(H,25,26). The smallest absolute Gasteiger partial charge is 0.303 e. The van der Waals surface area contributed by atoms with Gasteiger partial charge >= 0.3 is 5.97 Å². The summed E-state index contributed by atoms with van der Waals surface area (Å²) in [6.07, 6.45) is 3.54. The normalized spacial score (nSPS) is 11.5. The van der Waals surface area contributed by atoms with Crippen LogP contribution >= 0.6 is 23.1 Å². The van der Waals surface area contributed by atoms with Crippen molar-refractivity contribution in [3.05, 3.63) is 58.7 Å². The highest BCUT2D eigenvalue weighted by Gasteiger charge is 2.16. The lowest BCUT2D eigenvalue weighted by Crippen LogP contribution is -1.98. The van der Waals surface area contributed by atoms with E-state index < -0.39 is 5.97 Å². The topological polar surface area (TPSA) is 80.6 Å². The van der Waals surface area contributed by atoms with Crippen LogP contribution in [0.4, 0.5) is 5.69 Å². The van der Waals surface area contributed by atoms with E-state index in [0.29, 0.717) is 12.1 Å². The molecule has 144 valence electrons. The first-order valence-electron chi connectivity index (χ1n) is 9.09. The van der Waals surface area contributed by atoms with Crippen LogP contribution in [0.2, 0.25) is 0 Å². The summed E-state index contributed by atoms with van der Waals surface area (Å²) in [5, 5.41) is 13.4. The zero-order chi connectivity index (χ0) is 19.7. The fourth-order valence-corrected chi connectivity index (χ4v) is 5.43. The number of carboxylic acid groups (broad SMARTS) is 1. The van der Waals surface area contributed by atoms with Gasteiger partial charge in [-0.2, -0.15) is 0 Å². The van der Waals surface area contributed by atoms with Crippen LogP contribution in [0, 0.1) is 6.92 Å². The number of aliphatic carboxylic acids is 1. The second kappa shape index (κ2) is 7.85. The molecule has 0 radical (unpaired) electrons. The molecule has 0 atom stereocenters. The largest absolute Gasteiger partial charge is 0.481 e. The molecule has 3 heterocycles. The monoisotopic (exact) mass is 411 g/mol. The number of pyridine rings is 1. The van der Waals surface area contributed by atoms with Gasteiger partial charge < -0.3 is 15.2 Å². The molecule has 7 heteroatoms. The first-order chi connectivity index (χ1) is 13.5. The van der Waals surface area contributed by atoms with Gasteiger partial charge in [-0.15, -0.1) is 23.1 Å². The van der Waals surface area contributed by atoms with Crippen molar-refractivity contribution < 1.29 is 9.90 Å². The maximum absolute atomic E-state index is 10.8. The SMILES string of the molecule is Cc1cccc2scc(Cc3c(SCCCC(=O)O)nc4cc(N)ccn34)c12. The Morgan fingerprint density at radius 3 is 3.04 bits per heavy atom. The number of carboxylic acids is 1. The third-order valence-corrected chi connectivity index (χ3v) is 6.82. The average Bonchev–Trinajstić information content (AvgIpc) is 3.21. The number of thioether (sulfide) groups is 1. The quantitative estimate of drug-likeness (QED) is 0.331. The zero-order valence-electron chi connectivity index (χ0n) is 15.5. The summed E-state index contributed by atoms with van der Waals surface area (Å²) in [4.78, 5) is 15.6. The number of benzene rings is 1. The first-order valence-corrected chi connectivity index (χ1v) is 11.0. The van der Waals surface area contributed by atoms with Crippen LogP contribution in [0.5, 0.6) is 0 Å². The third-order valence-electron chi connectivity index (χ3n) is 4.73. The molecule has 4 aromatic rings. The molecule has 4 rings (SSSR count). The molecule has 0 fully saturated rings. The molecule has 0 aliphatic rings. The van der Waals surface area contributed by atoms with E-state index in [-0.39, 0.29) is 6.42 Å². The number of hydrogen-bond donors (Lipinski definition) is 2. The highest BCUT2D eigenvalue weighted by Crippen LogP contribution is 2.33. The van der Waals surface area contributed by atoms with Crippen LogP contribution in [-0.2, 0) is 11.2 Å². The van der Waals surface area contributed by atoms with Crippen LogP contribution in [-0.4, -0.2) is 26.2 Å². The molecule has 0 aliphatic carbocycles. The van der Waals surface area contributed by atoms with Crippen LogP contribution in [0.15, 0.2) is 46.9 Å². The van der Waals surface area contributed by atoms with Gasteiger partial charge in [-0.25, -0.2) is 4.98 Å². The Morgan fingerprint density at radius 2 is 2.21 bits per heavy atom. The number of aryl methyl sites for hydroxylation is 1. The van der Waals surface area contributed by atoms with Crippen molar-refractivity contribution in [3.8, 4) is 0 Å². The highest BCUT2D eigenvalue weighted by atomic mass is 32.2. The summed E-state index contributed by atoms with van der Waals surface area (Å²) >= 11 is 3.39. The van der Waals surface area contributed by atoms with Gasteiger partial charge in [-0.3, -0.25) is 4.79 Å². The van der Waals surface area contributed by atoms with E-state index in [0.717, 1.165) is 28.5 Å². The lowest BCUT2D eigenvalue weighted by atomic mass is 10.0. The Morgan fingerprint density at radius 1 is 1.36 bits per heavy atom. The van der Waals surface area contributed by atoms with Gasteiger partial charge in [0.25, 0.3) is 0 Å². The van der Waals surface area contributed by atoms with Gasteiger partial charge in [-0.1, -0.05) is 12.1 Å². The van der Waals surface area contributed by atoms with E-state index in [1.165, 1.54) is 21.2 Å². The van der Waals surface area contributed by atoms with E-state index in [1.54, 1.807) is 23.1 Å². The number of rotatable bonds is 7. The Labute approximate surface area is 171 Å². The maximum atomic E-state index is 10.8. The van der Waals surface area contributed by atoms with Gasteiger partial charge in [0, 0.05) is 41.2 Å². The van der Waals surface area contributed by atoms with Crippen molar-refractivity contribution in [1.29, 1.82) is 0 Å². The van der Waals surface area contributed by atoms with Gasteiger partial charge in [0.05, 0.1) is 5.69 Å². The van der Waals surface area contributed by atoms with Crippen LogP contribution in [0.1, 0.15) is 29.7 Å². The molecule has 3 N–H and O–H groups in total. The van der Waals surface area contributed by atoms with Gasteiger partial charge in [0.2, 0.25) is 0 Å². The minimum Gasteiger partial charge on any atom is -0.481 e. The number of fused-ring (bicyclic) bond motifs is 2. The number of nitrogens with two attached hydrogens (primary N) is 1. The predicted octanol–water partition coefficient (Wildman–Crippen LogP) is 4.99. The summed E-state index contributed by atoms with van der Waals surface area (Å²) in [6.45, 7) is 2.15. The zero-order valence-corrected chi connectivity index (χ0v) is 17.1. The molecule has 1 aromatic carbocycles. The van der Waals surface area contributed by atoms with E-state index in [2.05, 4.69) is 34.9 Å². The van der Waals surface area contributed by atoms with Gasteiger partial charge in [0.1, 0.15) is 10.7 Å². The molecule has 5 nitrogen and oxygen atoms in total. The van der Waals surface area contributed by atoms with E-state index in [9.17, 15) is 4.79 Å². The Bertz CT molecular complexity index is 1160. The minimum absolute atomic E-state index is 0.178. The number of nitrogens with zero attached hydrogens (tertiary/aromatic N) is 2. The summed E-state index contributed by atoms with van der Waals surface area (Å²) < 4.78 is 3.39. The van der Waals surface area contributed by atoms with Gasteiger partial charge in [0.15, 0.2) is 0 Å². The summed E-state index contributed by atoms with van der Waals surface area (Å²) in [5.74, 6) is -0.0361. The molecule has 0 bridgehead atoms. The molecule has 3 aromatic heterocycles. The summed E-state index contributed by atoms with van der Waals surface area (Å²) in [7, 11) is 0. The second-order valence-electron chi connectivity index (χ2n) is 6.78. The fourth-order valence-electron chi connectivity index (χ4n) is 3.41. The fraction of sp³-hybridized carbons (Fsp3) is 0.238. The lowest BCUT2D eigenvalue weighted by molar-refractivity contribution is -0.137. The molecule has 0 amide bonds. The average molecular weight is 412 g/mol. The molecule has 0 spiro atoms. The maximum Gasteiger partial charge on any atom is 0.303 e. The summed E-state index contributed by atoms with van der Waals surface area (Å²) in [5.41, 5.74) is 11.2. The molecular formula is C21H21N3O2S2. The second-order valence-corrected chi connectivity index (χ2v) is 8.78. The molecule has 28 heavy (non-hydrogen) atoms. The van der Waals surface area contributed by atoms with Crippen LogP contribution in [0.3, 0.4) is 0 Å². The number of hydrogen-bond acceptors (Lipinski definition) is 5. The van der Waals surface area contributed by atoms with Crippen molar-refractivity contribution >= 4 is 50.5 Å². The minimum atomic E-state index is -0.760. The Kier molecular flexibility index (Phi) is 5.28. The molecule has 0 saturated heterocycles. The third kappa shape index (κ3) is 3.72. The number of imidazole rings is 1. The number of aromatic nitrogens is 2. The van der Waals surface area contributed by atoms with Crippen molar-refractivity contribution in [2.45, 2.75) is 31.2 Å². The van der Waals surface area contributed by atoms with Crippen molar-refractivity contribution in [3.63, 3.8) is 0 Å². The van der Waals surface area contributed by atoms with Crippen LogP contribution in [0.25, 0.3) is 15.7 Å². The lowest BCUT2D eigenvalue weighted by Gasteiger charge is -2.06. The highest BCUT2D eigenvalue weighted by molar-refractivity contribution is 7.99. The van der Waals surface area contributed by atoms with E-state index >= 15 is 0 Å². The number of carbonyl (C=O) groups is 1.